The van der Waals surface area contributed by atoms with Crippen LogP contribution in [0.5, 0.6) is 0 Å². The number of carboxylic acid groups (broad SMARTS) is 1. The van der Waals surface area contributed by atoms with Crippen LogP contribution in [0.25, 0.3) is 0 Å². The third kappa shape index (κ3) is 4.30. The van der Waals surface area contributed by atoms with Crippen LogP contribution in [0.2, 0.25) is 5.02 Å². The highest BCUT2D eigenvalue weighted by Gasteiger charge is 2.21. The monoisotopic (exact) mass is 321 g/mol. The zero-order valence-corrected chi connectivity index (χ0v) is 12.2. The van der Waals surface area contributed by atoms with Crippen molar-refractivity contribution in [2.75, 3.05) is 0 Å². The van der Waals surface area contributed by atoms with Gasteiger partial charge in [0.1, 0.15) is 11.9 Å². The van der Waals surface area contributed by atoms with Crippen molar-refractivity contribution < 1.29 is 19.1 Å². The lowest BCUT2D eigenvalue weighted by Gasteiger charge is -2.15. The van der Waals surface area contributed by atoms with E-state index in [0.29, 0.717) is 10.6 Å². The van der Waals surface area contributed by atoms with Crippen LogP contribution in [0, 0.1) is 5.82 Å². The molecular formula is C16H13ClFNO3. The van der Waals surface area contributed by atoms with E-state index in [4.69, 9.17) is 11.6 Å². The number of carbonyl (C=O) groups is 2. The second-order valence-electron chi connectivity index (χ2n) is 4.71. The van der Waals surface area contributed by atoms with E-state index in [9.17, 15) is 19.1 Å². The maximum absolute atomic E-state index is 12.9. The molecule has 6 heteroatoms. The molecule has 0 spiro atoms. The minimum atomic E-state index is -1.17. The van der Waals surface area contributed by atoms with E-state index in [-0.39, 0.29) is 12.0 Å². The van der Waals surface area contributed by atoms with Gasteiger partial charge in [-0.05, 0) is 35.9 Å². The molecule has 2 N–H and O–H groups in total. The van der Waals surface area contributed by atoms with Gasteiger partial charge >= 0.3 is 5.97 Å². The molecule has 0 bridgehead atoms. The van der Waals surface area contributed by atoms with Crippen molar-refractivity contribution in [1.29, 1.82) is 0 Å². The standard InChI is InChI=1S/C16H13ClFNO3/c17-12-3-1-2-11(9-12)15(20)19-14(16(21)22)8-10-4-6-13(18)7-5-10/h1-7,9,14H,8H2,(H,19,20)(H,21,22)/t14-/m0/s1. The quantitative estimate of drug-likeness (QED) is 0.890. The van der Waals surface area contributed by atoms with Crippen molar-refractivity contribution in [3.63, 3.8) is 0 Å². The lowest BCUT2D eigenvalue weighted by Crippen LogP contribution is -2.42. The molecule has 2 rings (SSSR count). The van der Waals surface area contributed by atoms with Crippen molar-refractivity contribution in [2.45, 2.75) is 12.5 Å². The molecule has 0 unspecified atom stereocenters. The summed E-state index contributed by atoms with van der Waals surface area (Å²) < 4.78 is 12.9. The summed E-state index contributed by atoms with van der Waals surface area (Å²) in [5, 5.41) is 12.0. The van der Waals surface area contributed by atoms with Crippen LogP contribution in [0.15, 0.2) is 48.5 Å². The van der Waals surface area contributed by atoms with Gasteiger partial charge in [-0.3, -0.25) is 4.79 Å². The molecule has 0 saturated heterocycles. The summed E-state index contributed by atoms with van der Waals surface area (Å²) in [5.41, 5.74) is 0.887. The Labute approximate surface area is 131 Å². The zero-order chi connectivity index (χ0) is 16.1. The Bertz CT molecular complexity index is 688. The van der Waals surface area contributed by atoms with Crippen molar-refractivity contribution in [2.24, 2.45) is 0 Å². The van der Waals surface area contributed by atoms with Crippen molar-refractivity contribution in [1.82, 2.24) is 5.32 Å². The molecule has 22 heavy (non-hydrogen) atoms. The number of nitrogens with one attached hydrogen (secondary N) is 1. The number of benzene rings is 2. The minimum Gasteiger partial charge on any atom is -0.480 e. The van der Waals surface area contributed by atoms with E-state index in [1.807, 2.05) is 0 Å². The first-order chi connectivity index (χ1) is 10.5. The highest BCUT2D eigenvalue weighted by Crippen LogP contribution is 2.11. The third-order valence-electron chi connectivity index (χ3n) is 3.04. The van der Waals surface area contributed by atoms with Gasteiger partial charge in [-0.15, -0.1) is 0 Å². The summed E-state index contributed by atoms with van der Waals surface area (Å²) in [6, 6.07) is 10.6. The molecule has 1 amide bonds. The molecule has 1 atom stereocenters. The predicted octanol–water partition coefficient (Wildman–Crippen LogP) is 2.90. The number of amides is 1. The van der Waals surface area contributed by atoms with E-state index in [1.54, 1.807) is 12.1 Å². The maximum atomic E-state index is 12.9. The maximum Gasteiger partial charge on any atom is 0.326 e. The van der Waals surface area contributed by atoms with Crippen LogP contribution in [0.4, 0.5) is 4.39 Å². The normalized spacial score (nSPS) is 11.7. The lowest BCUT2D eigenvalue weighted by atomic mass is 10.1. The average molecular weight is 322 g/mol. The molecule has 114 valence electrons. The molecule has 0 aromatic heterocycles. The van der Waals surface area contributed by atoms with E-state index in [0.717, 1.165) is 0 Å². The molecule has 0 radical (unpaired) electrons. The number of aliphatic carboxylic acids is 1. The Morgan fingerprint density at radius 1 is 1.18 bits per heavy atom. The van der Waals surface area contributed by atoms with Gasteiger partial charge in [0.15, 0.2) is 0 Å². The summed E-state index contributed by atoms with van der Waals surface area (Å²) in [6.07, 6.45) is 0.0575. The Balaban J connectivity index is 2.10. The number of halogens is 2. The second kappa shape index (κ2) is 7.04. The largest absolute Gasteiger partial charge is 0.480 e. The van der Waals surface area contributed by atoms with Gasteiger partial charge < -0.3 is 10.4 Å². The Morgan fingerprint density at radius 2 is 1.86 bits per heavy atom. The van der Waals surface area contributed by atoms with Gasteiger partial charge in [0, 0.05) is 17.0 Å². The van der Waals surface area contributed by atoms with E-state index in [2.05, 4.69) is 5.32 Å². The zero-order valence-electron chi connectivity index (χ0n) is 11.4. The first-order valence-electron chi connectivity index (χ1n) is 6.49. The van der Waals surface area contributed by atoms with Gasteiger partial charge in [0.2, 0.25) is 0 Å². The highest BCUT2D eigenvalue weighted by atomic mass is 35.5. The van der Waals surface area contributed by atoms with Crippen molar-refractivity contribution >= 4 is 23.5 Å². The molecule has 0 fully saturated rings. The van der Waals surface area contributed by atoms with Gasteiger partial charge in [0.05, 0.1) is 0 Å². The molecule has 2 aromatic carbocycles. The molecule has 0 aliphatic heterocycles. The fraction of sp³-hybridized carbons (Fsp3) is 0.125. The van der Waals surface area contributed by atoms with Crippen LogP contribution in [-0.2, 0) is 11.2 Å². The number of hydrogen-bond donors (Lipinski definition) is 2. The minimum absolute atomic E-state index is 0.0575. The smallest absolute Gasteiger partial charge is 0.326 e. The summed E-state index contributed by atoms with van der Waals surface area (Å²) in [7, 11) is 0. The fourth-order valence-corrected chi connectivity index (χ4v) is 2.12. The average Bonchev–Trinajstić information content (AvgIpc) is 2.48. The third-order valence-corrected chi connectivity index (χ3v) is 3.28. The molecule has 0 aliphatic carbocycles. The number of rotatable bonds is 5. The van der Waals surface area contributed by atoms with Gasteiger partial charge in [-0.2, -0.15) is 0 Å². The SMILES string of the molecule is O=C(N[C@@H](Cc1ccc(F)cc1)C(=O)O)c1cccc(Cl)c1. The number of carbonyl (C=O) groups excluding carboxylic acids is 1. The van der Waals surface area contributed by atoms with Gasteiger partial charge in [-0.25, -0.2) is 9.18 Å². The molecule has 0 saturated carbocycles. The summed E-state index contributed by atoms with van der Waals surface area (Å²) >= 11 is 5.80. The molecular weight excluding hydrogens is 309 g/mol. The van der Waals surface area contributed by atoms with E-state index < -0.39 is 23.7 Å². The summed E-state index contributed by atoms with van der Waals surface area (Å²) in [6.45, 7) is 0. The van der Waals surface area contributed by atoms with Crippen LogP contribution in [0.1, 0.15) is 15.9 Å². The lowest BCUT2D eigenvalue weighted by molar-refractivity contribution is -0.139. The van der Waals surface area contributed by atoms with Crippen LogP contribution in [-0.4, -0.2) is 23.0 Å². The summed E-state index contributed by atoms with van der Waals surface area (Å²) in [4.78, 5) is 23.4. The number of carboxylic acids is 1. The topological polar surface area (TPSA) is 66.4 Å². The molecule has 0 heterocycles. The summed E-state index contributed by atoms with van der Waals surface area (Å²) in [5.74, 6) is -2.10. The molecule has 2 aromatic rings. The van der Waals surface area contributed by atoms with E-state index in [1.165, 1.54) is 36.4 Å². The van der Waals surface area contributed by atoms with Crippen LogP contribution >= 0.6 is 11.6 Å². The first-order valence-corrected chi connectivity index (χ1v) is 6.87. The number of hydrogen-bond acceptors (Lipinski definition) is 2. The predicted molar refractivity (Wildman–Crippen MR) is 80.4 cm³/mol. The van der Waals surface area contributed by atoms with Crippen LogP contribution < -0.4 is 5.32 Å². The van der Waals surface area contributed by atoms with Crippen molar-refractivity contribution in [3.05, 3.63) is 70.5 Å². The molecule has 4 nitrogen and oxygen atoms in total. The first kappa shape index (κ1) is 16.0. The van der Waals surface area contributed by atoms with E-state index >= 15 is 0 Å². The van der Waals surface area contributed by atoms with Gasteiger partial charge in [-0.1, -0.05) is 29.8 Å². The highest BCUT2D eigenvalue weighted by molar-refractivity contribution is 6.30. The van der Waals surface area contributed by atoms with Crippen LogP contribution in [0.3, 0.4) is 0 Å². The Morgan fingerprint density at radius 3 is 2.45 bits per heavy atom. The Kier molecular flexibility index (Phi) is 5.12. The molecule has 0 aliphatic rings. The second-order valence-corrected chi connectivity index (χ2v) is 5.14. The Hall–Kier alpha value is -2.40. The van der Waals surface area contributed by atoms with Crippen molar-refractivity contribution in [3.8, 4) is 0 Å². The fourth-order valence-electron chi connectivity index (χ4n) is 1.93. The van der Waals surface area contributed by atoms with Gasteiger partial charge in [0.25, 0.3) is 5.91 Å².